The highest BCUT2D eigenvalue weighted by Gasteiger charge is 2.51. The zero-order chi connectivity index (χ0) is 14.9. The third-order valence-corrected chi connectivity index (χ3v) is 6.71. The van der Waals surface area contributed by atoms with Crippen LogP contribution in [-0.2, 0) is 19.3 Å². The van der Waals surface area contributed by atoms with Crippen molar-refractivity contribution in [2.75, 3.05) is 13.2 Å². The summed E-state index contributed by atoms with van der Waals surface area (Å²) in [4.78, 5) is 0.372. The van der Waals surface area contributed by atoms with Crippen molar-refractivity contribution in [1.29, 1.82) is 0 Å². The molecule has 21 heavy (non-hydrogen) atoms. The first-order valence-corrected chi connectivity index (χ1v) is 9.18. The number of sulfone groups is 1. The van der Waals surface area contributed by atoms with Crippen LogP contribution in [0, 0.1) is 6.92 Å². The van der Waals surface area contributed by atoms with E-state index in [4.69, 9.17) is 9.47 Å². The maximum absolute atomic E-state index is 13.0. The fourth-order valence-corrected chi connectivity index (χ4v) is 5.32. The summed E-state index contributed by atoms with van der Waals surface area (Å²) in [5.74, 6) is -0.930. The highest BCUT2D eigenvalue weighted by molar-refractivity contribution is 7.92. The van der Waals surface area contributed by atoms with E-state index in [1.165, 1.54) is 0 Å². The van der Waals surface area contributed by atoms with Crippen LogP contribution in [0.2, 0.25) is 0 Å². The maximum Gasteiger partial charge on any atom is 0.186 e. The molecule has 0 saturated carbocycles. The number of hydrogen-bond acceptors (Lipinski definition) is 4. The van der Waals surface area contributed by atoms with Gasteiger partial charge < -0.3 is 9.47 Å². The van der Waals surface area contributed by atoms with Crippen LogP contribution in [0.1, 0.15) is 37.7 Å². The van der Waals surface area contributed by atoms with Gasteiger partial charge in [-0.3, -0.25) is 0 Å². The molecule has 2 heterocycles. The van der Waals surface area contributed by atoms with Crippen LogP contribution in [0.25, 0.3) is 0 Å². The van der Waals surface area contributed by atoms with Gasteiger partial charge in [-0.2, -0.15) is 0 Å². The molecule has 2 fully saturated rings. The van der Waals surface area contributed by atoms with E-state index in [9.17, 15) is 8.42 Å². The van der Waals surface area contributed by atoms with Gasteiger partial charge in [0.1, 0.15) is 5.25 Å². The van der Waals surface area contributed by atoms with Crippen molar-refractivity contribution < 1.29 is 17.9 Å². The van der Waals surface area contributed by atoms with E-state index in [0.717, 1.165) is 24.8 Å². The summed E-state index contributed by atoms with van der Waals surface area (Å²) < 4.78 is 37.7. The largest absolute Gasteiger partial charge is 0.349 e. The summed E-state index contributed by atoms with van der Waals surface area (Å²) in [7, 11) is -3.44. The van der Waals surface area contributed by atoms with E-state index >= 15 is 0 Å². The lowest BCUT2D eigenvalue weighted by atomic mass is 9.97. The second kappa shape index (κ2) is 5.71. The van der Waals surface area contributed by atoms with Gasteiger partial charge >= 0.3 is 0 Å². The van der Waals surface area contributed by atoms with Gasteiger partial charge in [-0.25, -0.2) is 8.42 Å². The van der Waals surface area contributed by atoms with Gasteiger partial charge in [-0.05, 0) is 44.7 Å². The van der Waals surface area contributed by atoms with Crippen molar-refractivity contribution in [3.05, 3.63) is 29.8 Å². The predicted molar refractivity (Wildman–Crippen MR) is 79.9 cm³/mol. The second-order valence-corrected chi connectivity index (χ2v) is 8.09. The molecule has 2 aliphatic rings. The quantitative estimate of drug-likeness (QED) is 0.843. The zero-order valence-corrected chi connectivity index (χ0v) is 13.2. The highest BCUT2D eigenvalue weighted by atomic mass is 32.2. The number of hydrogen-bond donors (Lipinski definition) is 0. The van der Waals surface area contributed by atoms with E-state index in [1.807, 2.05) is 19.1 Å². The van der Waals surface area contributed by atoms with Gasteiger partial charge in [0.05, 0.1) is 18.1 Å². The Morgan fingerprint density at radius 3 is 2.38 bits per heavy atom. The van der Waals surface area contributed by atoms with Gasteiger partial charge in [0, 0.05) is 6.42 Å². The van der Waals surface area contributed by atoms with Gasteiger partial charge in [0.15, 0.2) is 15.6 Å². The standard InChI is InChI=1S/C16H22O4S/c1-13-6-8-14(9-7-13)21(17,18)15-5-4-12-20-16(15)10-2-3-11-19-16/h6-9,15H,2-5,10-12H2,1H3/t15-,16+/m1/s1. The minimum atomic E-state index is -3.44. The minimum Gasteiger partial charge on any atom is -0.349 e. The molecule has 4 nitrogen and oxygen atoms in total. The van der Waals surface area contributed by atoms with E-state index in [2.05, 4.69) is 0 Å². The van der Waals surface area contributed by atoms with Crippen molar-refractivity contribution in [3.8, 4) is 0 Å². The SMILES string of the molecule is Cc1ccc(S(=O)(=O)[C@@H]2CCCO[C@@]23CCCCO3)cc1. The average molecular weight is 310 g/mol. The van der Waals surface area contributed by atoms with E-state index < -0.39 is 20.9 Å². The molecule has 1 aromatic carbocycles. The zero-order valence-electron chi connectivity index (χ0n) is 12.4. The Morgan fingerprint density at radius 1 is 1.05 bits per heavy atom. The van der Waals surface area contributed by atoms with Crippen molar-refractivity contribution in [2.24, 2.45) is 0 Å². The Kier molecular flexibility index (Phi) is 4.08. The van der Waals surface area contributed by atoms with E-state index in [1.54, 1.807) is 12.1 Å². The van der Waals surface area contributed by atoms with Crippen LogP contribution in [-0.4, -0.2) is 32.7 Å². The highest BCUT2D eigenvalue weighted by Crippen LogP contribution is 2.40. The molecule has 1 spiro atoms. The number of ether oxygens (including phenoxy) is 2. The lowest BCUT2D eigenvalue weighted by molar-refractivity contribution is -0.268. The van der Waals surface area contributed by atoms with Crippen LogP contribution in [0.4, 0.5) is 0 Å². The van der Waals surface area contributed by atoms with Gasteiger partial charge in [-0.15, -0.1) is 0 Å². The Morgan fingerprint density at radius 2 is 1.71 bits per heavy atom. The van der Waals surface area contributed by atoms with Crippen LogP contribution in [0.15, 0.2) is 29.2 Å². The summed E-state index contributed by atoms with van der Waals surface area (Å²) in [6.07, 6.45) is 3.97. The molecule has 2 aliphatic heterocycles. The van der Waals surface area contributed by atoms with Crippen LogP contribution < -0.4 is 0 Å². The molecule has 0 bridgehead atoms. The first kappa shape index (κ1) is 15.0. The summed E-state index contributed by atoms with van der Waals surface area (Å²) in [6, 6.07) is 7.06. The topological polar surface area (TPSA) is 52.6 Å². The van der Waals surface area contributed by atoms with E-state index in [0.29, 0.717) is 31.0 Å². The first-order chi connectivity index (χ1) is 10.0. The molecule has 0 N–H and O–H groups in total. The lowest BCUT2D eigenvalue weighted by Gasteiger charge is -2.45. The van der Waals surface area contributed by atoms with Crippen LogP contribution >= 0.6 is 0 Å². The van der Waals surface area contributed by atoms with Crippen molar-refractivity contribution in [1.82, 2.24) is 0 Å². The molecule has 0 unspecified atom stereocenters. The van der Waals surface area contributed by atoms with Gasteiger partial charge in [0.25, 0.3) is 0 Å². The van der Waals surface area contributed by atoms with Gasteiger partial charge in [0.2, 0.25) is 0 Å². The second-order valence-electron chi connectivity index (χ2n) is 5.95. The molecule has 1 aromatic rings. The molecule has 116 valence electrons. The summed E-state index contributed by atoms with van der Waals surface area (Å²) in [5, 5.41) is -0.596. The molecular weight excluding hydrogens is 288 g/mol. The molecule has 0 amide bonds. The number of rotatable bonds is 2. The molecule has 3 rings (SSSR count). The Balaban J connectivity index is 1.97. The molecular formula is C16H22O4S. The maximum atomic E-state index is 13.0. The first-order valence-electron chi connectivity index (χ1n) is 7.63. The van der Waals surface area contributed by atoms with Crippen molar-refractivity contribution in [2.45, 2.75) is 55.0 Å². The molecule has 0 aromatic heterocycles. The van der Waals surface area contributed by atoms with Crippen LogP contribution in [0.5, 0.6) is 0 Å². The van der Waals surface area contributed by atoms with Gasteiger partial charge in [-0.1, -0.05) is 17.7 Å². The normalized spacial score (nSPS) is 30.4. The molecule has 2 saturated heterocycles. The predicted octanol–water partition coefficient (Wildman–Crippen LogP) is 2.84. The molecule has 5 heteroatoms. The average Bonchev–Trinajstić information content (AvgIpc) is 2.49. The monoisotopic (exact) mass is 310 g/mol. The Labute approximate surface area is 126 Å². The third-order valence-electron chi connectivity index (χ3n) is 4.44. The number of benzene rings is 1. The van der Waals surface area contributed by atoms with Crippen molar-refractivity contribution >= 4 is 9.84 Å². The lowest BCUT2D eigenvalue weighted by Crippen LogP contribution is -2.55. The Bertz CT molecular complexity index is 577. The summed E-state index contributed by atoms with van der Waals surface area (Å²) >= 11 is 0. The molecule has 2 atom stereocenters. The van der Waals surface area contributed by atoms with Crippen LogP contribution in [0.3, 0.4) is 0 Å². The molecule has 0 radical (unpaired) electrons. The van der Waals surface area contributed by atoms with E-state index in [-0.39, 0.29) is 0 Å². The minimum absolute atomic E-state index is 0.372. The third kappa shape index (κ3) is 2.74. The summed E-state index contributed by atoms with van der Waals surface area (Å²) in [6.45, 7) is 3.12. The number of aryl methyl sites for hydroxylation is 1. The molecule has 0 aliphatic carbocycles. The smallest absolute Gasteiger partial charge is 0.186 e. The fraction of sp³-hybridized carbons (Fsp3) is 0.625. The fourth-order valence-electron chi connectivity index (χ4n) is 3.27. The summed E-state index contributed by atoms with van der Waals surface area (Å²) in [5.41, 5.74) is 1.05. The van der Waals surface area contributed by atoms with Crippen molar-refractivity contribution in [3.63, 3.8) is 0 Å². The Hall–Kier alpha value is -0.910.